The molecule has 5 saturated heterocycles. The highest BCUT2D eigenvalue weighted by molar-refractivity contribution is 7.91. The van der Waals surface area contributed by atoms with Crippen molar-refractivity contribution >= 4 is 120 Å². The van der Waals surface area contributed by atoms with E-state index in [0.717, 1.165) is 110 Å². The summed E-state index contributed by atoms with van der Waals surface area (Å²) in [5, 5.41) is 14.7. The number of carbonyl (C=O) groups excluding carboxylic acids is 5. The van der Waals surface area contributed by atoms with Crippen molar-refractivity contribution in [2.75, 3.05) is 92.0 Å². The van der Waals surface area contributed by atoms with Gasteiger partial charge in [-0.25, -0.2) is 94.7 Å². The largest absolute Gasteiger partial charge is 0.490 e. The van der Waals surface area contributed by atoms with Gasteiger partial charge in [-0.15, -0.1) is 11.3 Å². The van der Waals surface area contributed by atoms with Crippen LogP contribution in [-0.4, -0.2) is 236 Å². The lowest BCUT2D eigenvalue weighted by molar-refractivity contribution is 0.155. The standard InChI is InChI=1S/2C22H35N3O4S.C21H29N3O4S.C21H29N3O3S2.C20H28N4O4S/c1-15(2)30(27,28)24-19-11-13-25(14-12-19)22(26)23-18-6-8-20(9-7-18)29-21-10-5-16(3)17(21)4;1-4-17-15-19(9-10-21(17)29-20-7-5-6-8-20)23-22(26)25-13-11-18(12-14-25)24-30(27,28)16(2)3;1-14(2)29(26,27)23-19-9-10-24(13-16(19)4)21(25)22-18-8-7-17(12-15(18)3)20-6-5-11-28-20;1-14(2)29(26,27)23-18-7-9-24(10-8-18)21(25)22-19-6-5-17(12-16(19)4)20-11-15(3)13-28-20;1-13(2)29(26,27)23-18-7-9-24(12-15(18)4)20(25)22-17-6-5-16(11-14(17)3)19-21-8-10-28-19/h6-9,15-17,19,21,24H,5,10-14H2,1-4H3,(H,23,26);9-10,15-16,18,20,24H,4-8,11-14H2,1-3H3,(H,23,26);5-8,11-12,14,16,19,23H,9-10,13H2,1-4H3,(H,22,25);5-6,11-14,18,23H,7-10H2,1-4H3,(H,22,25);5-6,8,10-11,13,15,18,23H,7,9,12H2,1-4H3,(H,22,25). The average Bonchev–Trinajstić information content (AvgIpc) is 1.66. The second-order valence-corrected chi connectivity index (χ2v) is 53.6. The molecule has 15 rings (SSSR count). The fourth-order valence-electron chi connectivity index (χ4n) is 18.2. The summed E-state index contributed by atoms with van der Waals surface area (Å²) < 4.78 is 158. The van der Waals surface area contributed by atoms with Crippen LogP contribution in [-0.2, 0) is 56.5 Å². The zero-order valence-electron chi connectivity index (χ0n) is 88.6. The van der Waals surface area contributed by atoms with Gasteiger partial charge in [0.15, 0.2) is 0 Å². The number of nitrogens with zero attached hydrogens (tertiary/aromatic N) is 6. The maximum atomic E-state index is 12.7. The Hall–Kier alpha value is -10.2. The lowest BCUT2D eigenvalue weighted by atomic mass is 9.95. The van der Waals surface area contributed by atoms with Gasteiger partial charge in [-0.3, -0.25) is 0 Å². The van der Waals surface area contributed by atoms with Gasteiger partial charge in [-0.05, 0) is 365 Å². The number of nitrogens with one attached hydrogen (secondary N) is 10. The van der Waals surface area contributed by atoms with E-state index >= 15 is 0 Å². The number of oxazole rings is 1. The molecule has 8 heterocycles. The van der Waals surface area contributed by atoms with E-state index in [1.165, 1.54) is 36.0 Å². The minimum Gasteiger partial charge on any atom is -0.490 e. The molecule has 7 aliphatic rings. The van der Waals surface area contributed by atoms with E-state index in [4.69, 9.17) is 18.3 Å². The summed E-state index contributed by atoms with van der Waals surface area (Å²) in [7, 11) is -16.5. The molecule has 2 aliphatic carbocycles. The maximum Gasteiger partial charge on any atom is 0.321 e. The molecule has 3 aromatic heterocycles. The van der Waals surface area contributed by atoms with Gasteiger partial charge in [-0.1, -0.05) is 40.7 Å². The van der Waals surface area contributed by atoms with Crippen molar-refractivity contribution in [3.05, 3.63) is 167 Å². The van der Waals surface area contributed by atoms with Crippen molar-refractivity contribution < 1.29 is 84.4 Å². The number of hydrogen-bond donors (Lipinski definition) is 10. The Bertz CT molecular complexity index is 6120. The van der Waals surface area contributed by atoms with E-state index < -0.39 is 76.4 Å². The fraction of sp³-hybridized carbons (Fsp3) is 0.566. The Labute approximate surface area is 875 Å². The molecule has 147 heavy (non-hydrogen) atoms. The molecule has 10 amide bonds. The number of anilines is 5. The Balaban J connectivity index is 0.000000175. The number of urea groups is 5. The number of piperidine rings is 5. The second kappa shape index (κ2) is 53.0. The van der Waals surface area contributed by atoms with Crippen LogP contribution in [0.5, 0.6) is 11.5 Å². The monoisotopic (exact) mass is 2150 g/mol. The normalized spacial score (nSPS) is 20.1. The van der Waals surface area contributed by atoms with E-state index in [2.05, 4.69) is 100 Å². The molecular formula is C106H156N16O19S6. The fourth-order valence-corrected chi connectivity index (χ4v) is 24.1. The zero-order chi connectivity index (χ0) is 107. The number of rotatable bonds is 28. The molecule has 5 aromatic carbocycles. The van der Waals surface area contributed by atoms with Gasteiger partial charge < -0.3 is 69.4 Å². The van der Waals surface area contributed by atoms with Crippen molar-refractivity contribution in [1.82, 2.24) is 53.1 Å². The number of aromatic nitrogens is 1. The summed E-state index contributed by atoms with van der Waals surface area (Å²) in [4.78, 5) is 77.4. The van der Waals surface area contributed by atoms with Gasteiger partial charge in [0.05, 0.1) is 44.8 Å². The maximum absolute atomic E-state index is 12.7. The number of ether oxygens (including phenoxy) is 2. The number of carbonyl (C=O) groups is 5. The Morgan fingerprint density at radius 1 is 0.408 bits per heavy atom. The predicted octanol–water partition coefficient (Wildman–Crippen LogP) is 19.1. The molecule has 41 heteroatoms. The second-order valence-electron chi connectivity index (χ2n) is 41.3. The SMILES string of the molecule is CC1CCC(Oc2ccc(NC(=O)N3CCC(NS(=O)(=O)C(C)C)CC3)cc2)C1C.CCc1cc(NC(=O)N2CCC(NS(=O)(=O)C(C)C)CC2)ccc1OC1CCCC1.Cc1cc(-c2ccco2)ccc1NC(=O)N1CCC(NS(=O)(=O)C(C)C)C(C)C1.Cc1cc(-c2ncco2)ccc1NC(=O)N1CCC(NS(=O)(=O)C(C)C)C(C)C1.Cc1csc(-c2ccc(NC(=O)N3CCC(NS(=O)(=O)C(C)C)CC3)c(C)c2)c1. The lowest BCUT2D eigenvalue weighted by Gasteiger charge is -2.37. The minimum atomic E-state index is -3.33. The molecule has 35 nitrogen and oxygen atoms in total. The summed E-state index contributed by atoms with van der Waals surface area (Å²) >= 11 is 1.72. The molecule has 7 fully saturated rings. The van der Waals surface area contributed by atoms with E-state index in [1.807, 2.05) is 138 Å². The Morgan fingerprint density at radius 3 is 1.20 bits per heavy atom. The molecule has 7 unspecified atom stereocenters. The number of hydrogen-bond acceptors (Lipinski definition) is 21. The summed E-state index contributed by atoms with van der Waals surface area (Å²) in [5.41, 5.74) is 11.9. The van der Waals surface area contributed by atoms with Crippen LogP contribution in [0, 0.1) is 51.4 Å². The number of sulfonamides is 5. The smallest absolute Gasteiger partial charge is 0.321 e. The third-order valence-electron chi connectivity index (χ3n) is 28.4. The first-order valence-corrected chi connectivity index (χ1v) is 60.3. The topological polar surface area (TPSA) is 450 Å². The van der Waals surface area contributed by atoms with Crippen LogP contribution in [0.4, 0.5) is 52.4 Å². The number of aryl methyl sites for hydroxylation is 5. The van der Waals surface area contributed by atoms with Crippen molar-refractivity contribution in [1.29, 1.82) is 0 Å². The van der Waals surface area contributed by atoms with Crippen molar-refractivity contribution in [2.24, 2.45) is 23.7 Å². The summed E-state index contributed by atoms with van der Waals surface area (Å²) in [6, 6.07) is 35.2. The van der Waals surface area contributed by atoms with Gasteiger partial charge in [0.2, 0.25) is 56.0 Å². The van der Waals surface area contributed by atoms with Gasteiger partial charge in [0.25, 0.3) is 0 Å². The molecule has 5 aliphatic heterocycles. The average molecular weight is 2150 g/mol. The van der Waals surface area contributed by atoms with Crippen LogP contribution >= 0.6 is 11.3 Å². The van der Waals surface area contributed by atoms with Gasteiger partial charge in [-0.2, -0.15) is 0 Å². The molecule has 7 atom stereocenters. The Kier molecular flexibility index (Phi) is 42.2. The molecule has 8 aromatic rings. The molecule has 810 valence electrons. The Morgan fingerprint density at radius 2 is 0.810 bits per heavy atom. The van der Waals surface area contributed by atoms with Crippen LogP contribution in [0.15, 0.2) is 148 Å². The lowest BCUT2D eigenvalue weighted by Crippen LogP contribution is -2.53. The van der Waals surface area contributed by atoms with Gasteiger partial charge in [0.1, 0.15) is 29.6 Å². The van der Waals surface area contributed by atoms with Crippen LogP contribution in [0.3, 0.4) is 0 Å². The van der Waals surface area contributed by atoms with E-state index in [1.54, 1.807) is 118 Å². The van der Waals surface area contributed by atoms with Gasteiger partial charge >= 0.3 is 30.2 Å². The molecule has 0 bridgehead atoms. The molecule has 0 spiro atoms. The van der Waals surface area contributed by atoms with Crippen molar-refractivity contribution in [3.63, 3.8) is 0 Å². The number of likely N-dealkylation sites (tertiary alicyclic amines) is 5. The quantitative estimate of drug-likeness (QED) is 0.0218. The van der Waals surface area contributed by atoms with Crippen molar-refractivity contribution in [3.8, 4) is 44.7 Å². The van der Waals surface area contributed by atoms with Crippen LogP contribution in [0.25, 0.3) is 33.2 Å². The first-order valence-electron chi connectivity index (χ1n) is 51.7. The third kappa shape index (κ3) is 33.9. The molecule has 0 radical (unpaired) electrons. The van der Waals surface area contributed by atoms with E-state index in [-0.39, 0.29) is 78.3 Å². The first kappa shape index (κ1) is 117. The number of furan rings is 1. The number of benzene rings is 5. The predicted molar refractivity (Wildman–Crippen MR) is 585 cm³/mol. The highest BCUT2D eigenvalue weighted by atomic mass is 32.2. The summed E-state index contributed by atoms with van der Waals surface area (Å²) in [6.45, 7) is 40.2. The summed E-state index contributed by atoms with van der Waals surface area (Å²) in [5.74, 6) is 4.37. The molecular weight excluding hydrogens is 1990 g/mol. The zero-order valence-corrected chi connectivity index (χ0v) is 93.5. The minimum absolute atomic E-state index is 0.0246. The van der Waals surface area contributed by atoms with E-state index in [0.29, 0.717) is 141 Å². The van der Waals surface area contributed by atoms with Gasteiger partial charge in [0, 0.05) is 140 Å². The molecule has 2 saturated carbocycles. The highest BCUT2D eigenvalue weighted by Crippen LogP contribution is 2.38. The van der Waals surface area contributed by atoms with E-state index in [9.17, 15) is 66.1 Å². The highest BCUT2D eigenvalue weighted by Gasteiger charge is 2.38. The number of thiophene rings is 1. The van der Waals surface area contributed by atoms with Crippen LogP contribution < -0.4 is 59.7 Å². The van der Waals surface area contributed by atoms with Crippen molar-refractivity contribution in [2.45, 2.75) is 297 Å². The first-order chi connectivity index (χ1) is 69.4. The van der Waals surface area contributed by atoms with Crippen LogP contribution in [0.2, 0.25) is 0 Å². The van der Waals surface area contributed by atoms with Crippen LogP contribution in [0.1, 0.15) is 222 Å². The molecule has 10 N–H and O–H groups in total. The third-order valence-corrected chi connectivity index (χ3v) is 39.0. The summed E-state index contributed by atoms with van der Waals surface area (Å²) in [6.07, 6.45) is 18.0. The number of amides is 10.